The molecule has 0 unspecified atom stereocenters. The van der Waals surface area contributed by atoms with Crippen LogP contribution in [0, 0.1) is 0 Å². The average molecular weight is 1210 g/mol. The van der Waals surface area contributed by atoms with E-state index < -0.39 is 60.3 Å². The van der Waals surface area contributed by atoms with Gasteiger partial charge in [-0.3, -0.25) is 0 Å². The molecule has 0 aliphatic rings. The highest BCUT2D eigenvalue weighted by Gasteiger charge is 2.86. The van der Waals surface area contributed by atoms with Crippen LogP contribution < -0.4 is 0 Å². The van der Waals surface area contributed by atoms with Crippen LogP contribution in [0.2, 0.25) is 0 Å². The van der Waals surface area contributed by atoms with Gasteiger partial charge in [-0.2, -0.15) is 0 Å². The first kappa shape index (κ1) is 52.4. The van der Waals surface area contributed by atoms with Gasteiger partial charge in [-0.1, -0.05) is 336 Å². The van der Waals surface area contributed by atoms with Crippen LogP contribution >= 0.6 is 336 Å². The second kappa shape index (κ2) is 15.3. The lowest BCUT2D eigenvalue weighted by atomic mass is 9.98. The van der Waals surface area contributed by atoms with Crippen molar-refractivity contribution in [3.8, 4) is 0 Å². The minimum absolute atomic E-state index is 2.81. The largest absolute Gasteiger partial charge is 0.360 e. The molecule has 0 heterocycles. The molecule has 30 heteroatoms. The lowest BCUT2D eigenvalue weighted by Crippen LogP contribution is -2.75. The number of halogens is 29. The van der Waals surface area contributed by atoms with Crippen molar-refractivity contribution in [2.45, 2.75) is 60.3 Å². The van der Waals surface area contributed by atoms with Crippen molar-refractivity contribution in [3.05, 3.63) is 0 Å². The Morgan fingerprint density at radius 3 is 0.409 bits per heavy atom. The van der Waals surface area contributed by atoms with Crippen molar-refractivity contribution in [1.29, 1.82) is 0 Å². The van der Waals surface area contributed by atoms with E-state index in [0.29, 0.717) is 0 Å². The number of rotatable bonds is 12. The lowest BCUT2D eigenvalue weighted by Gasteiger charge is -2.58. The number of aliphatic hydroxyl groups is 1. The smallest absolute Gasteiger partial charge is 0.251 e. The maximum atomic E-state index is 10.0. The monoisotopic (exact) mass is 1200 g/mol. The maximum Gasteiger partial charge on any atom is 0.251 e. The van der Waals surface area contributed by atoms with Gasteiger partial charge < -0.3 is 5.11 Å². The van der Waals surface area contributed by atoms with E-state index in [0.717, 1.165) is 0 Å². The zero-order valence-electron chi connectivity index (χ0n) is 18.4. The van der Waals surface area contributed by atoms with Gasteiger partial charge in [0.1, 0.15) is 0 Å². The van der Waals surface area contributed by atoms with Gasteiger partial charge in [-0.15, -0.1) is 0 Å². The van der Waals surface area contributed by atoms with Crippen LogP contribution in [0.5, 0.6) is 0 Å². The fraction of sp³-hybridized carbons (Fsp3) is 1.00. The van der Waals surface area contributed by atoms with E-state index in [-0.39, 0.29) is 0 Å². The second-order valence-corrected chi connectivity index (χ2v) is 27.4. The van der Waals surface area contributed by atoms with Crippen molar-refractivity contribution < 1.29 is 5.11 Å². The topological polar surface area (TPSA) is 20.2 Å². The van der Waals surface area contributed by atoms with Crippen molar-refractivity contribution in [3.63, 3.8) is 0 Å². The Labute approximate surface area is 395 Å². The van der Waals surface area contributed by atoms with Crippen LogP contribution in [0.25, 0.3) is 0 Å². The molecule has 0 aliphatic carbocycles. The van der Waals surface area contributed by atoms with Gasteiger partial charge in [0.15, 0.2) is 43.3 Å². The summed E-state index contributed by atoms with van der Waals surface area (Å²) in [6, 6.07) is 0. The zero-order chi connectivity index (χ0) is 37.0. The van der Waals surface area contributed by atoms with E-state index in [1.807, 2.05) is 0 Å². The second-order valence-electron chi connectivity index (χ2n) is 7.93. The van der Waals surface area contributed by atoms with Crippen LogP contribution in [-0.2, 0) is 0 Å². The molecule has 0 radical (unpaired) electrons. The van der Waals surface area contributed by atoms with Crippen LogP contribution in [0.4, 0.5) is 0 Å². The highest BCUT2D eigenvalue weighted by molar-refractivity contribution is 6.85. The van der Waals surface area contributed by atoms with Gasteiger partial charge in [-0.05, 0) is 0 Å². The van der Waals surface area contributed by atoms with Crippen molar-refractivity contribution in [2.24, 2.45) is 0 Å². The summed E-state index contributed by atoms with van der Waals surface area (Å²) in [4.78, 5) is 0. The highest BCUT2D eigenvalue weighted by Crippen LogP contribution is 2.77. The molecule has 266 valence electrons. The van der Waals surface area contributed by atoms with Crippen molar-refractivity contribution in [2.75, 3.05) is 0 Å². The molecule has 0 fully saturated rings. The number of alkyl halides is 29. The molecule has 0 aromatic rings. The van der Waals surface area contributed by atoms with Gasteiger partial charge in [0.25, 0.3) is 4.52 Å². The summed E-state index contributed by atoms with van der Waals surface area (Å²) >= 11 is 179. The average Bonchev–Trinajstić information content (AvgIpc) is 2.75. The van der Waals surface area contributed by atoms with E-state index >= 15 is 0 Å². The fourth-order valence-corrected chi connectivity index (χ4v) is 11.7. The Bertz CT molecular complexity index is 969. The van der Waals surface area contributed by atoms with E-state index in [9.17, 15) is 5.11 Å². The maximum absolute atomic E-state index is 10.0. The summed E-state index contributed by atoms with van der Waals surface area (Å²) in [7, 11) is 0. The molecular formula is C14HCl29O. The molecule has 0 saturated carbocycles. The summed E-state index contributed by atoms with van der Waals surface area (Å²) in [6.45, 7) is 0. The molecule has 0 amide bonds. The van der Waals surface area contributed by atoms with Crippen LogP contribution in [0.1, 0.15) is 0 Å². The summed E-state index contributed by atoms with van der Waals surface area (Å²) in [5.74, 6) is 0. The van der Waals surface area contributed by atoms with Gasteiger partial charge in [0.05, 0.1) is 0 Å². The summed E-state index contributed by atoms with van der Waals surface area (Å²) in [5, 5.41) is 10.0. The molecule has 1 N–H and O–H groups in total. The third-order valence-electron chi connectivity index (χ3n) is 5.07. The summed E-state index contributed by atoms with van der Waals surface area (Å²) in [5.41, 5.74) is 0. The molecule has 0 bridgehead atoms. The summed E-state index contributed by atoms with van der Waals surface area (Å²) in [6.07, 6.45) is 0. The summed E-state index contributed by atoms with van der Waals surface area (Å²) < 4.78 is -46.6. The molecule has 44 heavy (non-hydrogen) atoms. The SMILES string of the molecule is OC(Cl)(Cl)C(Cl)(Cl)C(Cl)(Cl)C(Cl)(Cl)C(Cl)(Cl)C(Cl)(Cl)C(Cl)(Cl)C(Cl)(Cl)C(Cl)(Cl)C(Cl)(Cl)C(Cl)(Cl)C(Cl)(Cl)C(Cl)(Cl)C(Cl)(Cl)Cl. The van der Waals surface area contributed by atoms with E-state index in [4.69, 9.17) is 336 Å². The standard InChI is InChI=1S/C14HCl29O/c15-1(16,3(19,20)5(23,24)7(27,28)9(31,32)11(35,36)13(39,40)41)2(17,18)4(21,22)6(25,26)8(29,30)10(33,34)12(37,38)14(42,43)44/h44H. The van der Waals surface area contributed by atoms with Crippen LogP contribution in [0.3, 0.4) is 0 Å². The van der Waals surface area contributed by atoms with Gasteiger partial charge >= 0.3 is 0 Å². The van der Waals surface area contributed by atoms with Gasteiger partial charge in [0.2, 0.25) is 12.5 Å². The van der Waals surface area contributed by atoms with E-state index in [2.05, 4.69) is 0 Å². The first-order chi connectivity index (χ1) is 18.2. The molecular weight excluding hydrogens is 1210 g/mol. The Kier molecular flexibility index (Phi) is 18.2. The van der Waals surface area contributed by atoms with E-state index in [1.165, 1.54) is 0 Å². The highest BCUT2D eigenvalue weighted by atomic mass is 35.6. The molecule has 0 aromatic heterocycles. The molecule has 0 saturated heterocycles. The normalized spacial score (nSPS) is 17.3. The number of hydrogen-bond donors (Lipinski definition) is 1. The first-order valence-corrected chi connectivity index (χ1v) is 19.9. The lowest BCUT2D eigenvalue weighted by molar-refractivity contribution is 0.181. The third kappa shape index (κ3) is 7.81. The quantitative estimate of drug-likeness (QED) is 0.193. The van der Waals surface area contributed by atoms with Crippen molar-refractivity contribution >= 4 is 336 Å². The minimum Gasteiger partial charge on any atom is -0.360 e. The van der Waals surface area contributed by atoms with Gasteiger partial charge in [0, 0.05) is 0 Å². The molecule has 0 rings (SSSR count). The Balaban J connectivity index is 7.52. The minimum atomic E-state index is -3.54. The Morgan fingerprint density at radius 2 is 0.295 bits per heavy atom. The number of hydrogen-bond acceptors (Lipinski definition) is 1. The molecule has 0 atom stereocenters. The molecule has 0 spiro atoms. The Hall–Kier alpha value is 8.37. The third-order valence-corrected chi connectivity index (χ3v) is 25.3. The van der Waals surface area contributed by atoms with Crippen LogP contribution in [-0.4, -0.2) is 65.4 Å². The Morgan fingerprint density at radius 1 is 0.182 bits per heavy atom. The predicted octanol–water partition coefficient (Wildman–Crippen LogP) is 16.6. The molecule has 0 aromatic carbocycles. The predicted molar refractivity (Wildman–Crippen MR) is 210 cm³/mol. The first-order valence-electron chi connectivity index (χ1n) is 8.95. The van der Waals surface area contributed by atoms with Crippen molar-refractivity contribution in [1.82, 2.24) is 0 Å². The zero-order valence-corrected chi connectivity index (χ0v) is 40.3. The van der Waals surface area contributed by atoms with Crippen LogP contribution in [0.15, 0.2) is 0 Å². The fourth-order valence-electron chi connectivity index (χ4n) is 2.34. The molecule has 1 nitrogen and oxygen atoms in total. The molecule has 0 aliphatic heterocycles. The van der Waals surface area contributed by atoms with Gasteiger partial charge in [-0.25, -0.2) is 0 Å². The van der Waals surface area contributed by atoms with E-state index in [1.54, 1.807) is 0 Å².